The SMILES string of the molecule is Cn1cc(I)c(=O)c2cc(N)ccc21. The minimum Gasteiger partial charge on any atom is -0.399 e. The molecule has 2 aromatic rings. The molecule has 0 aliphatic heterocycles. The number of nitrogens with zero attached hydrogens (tertiary/aromatic N) is 1. The van der Waals surface area contributed by atoms with E-state index in [2.05, 4.69) is 0 Å². The van der Waals surface area contributed by atoms with Crippen LogP contribution in [0.2, 0.25) is 0 Å². The van der Waals surface area contributed by atoms with E-state index in [1.54, 1.807) is 12.1 Å². The standard InChI is InChI=1S/C10H9IN2O/c1-13-5-8(11)10(14)7-4-6(12)2-3-9(7)13/h2-5H,12H2,1H3. The van der Waals surface area contributed by atoms with E-state index in [1.165, 1.54) is 0 Å². The Hall–Kier alpha value is -1.04. The van der Waals surface area contributed by atoms with Gasteiger partial charge in [0.05, 0.1) is 9.09 Å². The van der Waals surface area contributed by atoms with Crippen molar-refractivity contribution in [2.45, 2.75) is 0 Å². The summed E-state index contributed by atoms with van der Waals surface area (Å²) in [7, 11) is 1.92. The molecule has 14 heavy (non-hydrogen) atoms. The first-order valence-electron chi connectivity index (χ1n) is 4.14. The number of fused-ring (bicyclic) bond motifs is 1. The number of hydrogen-bond donors (Lipinski definition) is 1. The first-order chi connectivity index (χ1) is 6.59. The molecule has 1 heterocycles. The number of aryl methyl sites for hydroxylation is 1. The van der Waals surface area contributed by atoms with Crippen LogP contribution in [0.25, 0.3) is 10.9 Å². The van der Waals surface area contributed by atoms with Gasteiger partial charge in [0.15, 0.2) is 0 Å². The lowest BCUT2D eigenvalue weighted by Gasteiger charge is -2.06. The third-order valence-electron chi connectivity index (χ3n) is 2.17. The predicted octanol–water partition coefficient (Wildman–Crippen LogP) is 1.73. The highest BCUT2D eigenvalue weighted by Crippen LogP contribution is 2.14. The molecule has 0 spiro atoms. The summed E-state index contributed by atoms with van der Waals surface area (Å²) >= 11 is 2.04. The summed E-state index contributed by atoms with van der Waals surface area (Å²) in [6, 6.07) is 5.39. The highest BCUT2D eigenvalue weighted by molar-refractivity contribution is 14.1. The minimum atomic E-state index is 0.0472. The van der Waals surface area contributed by atoms with Crippen molar-refractivity contribution in [1.29, 1.82) is 0 Å². The lowest BCUT2D eigenvalue weighted by molar-refractivity contribution is 0.944. The van der Waals surface area contributed by atoms with Gasteiger partial charge in [0.1, 0.15) is 0 Å². The fourth-order valence-electron chi connectivity index (χ4n) is 1.47. The van der Waals surface area contributed by atoms with E-state index < -0.39 is 0 Å². The monoisotopic (exact) mass is 300 g/mol. The van der Waals surface area contributed by atoms with Crippen LogP contribution in [-0.4, -0.2) is 4.57 Å². The molecule has 1 aromatic carbocycles. The lowest BCUT2D eigenvalue weighted by atomic mass is 10.2. The van der Waals surface area contributed by atoms with Gasteiger partial charge in [-0.3, -0.25) is 4.79 Å². The number of rotatable bonds is 0. The minimum absolute atomic E-state index is 0.0472. The van der Waals surface area contributed by atoms with Crippen LogP contribution in [0, 0.1) is 3.57 Å². The van der Waals surface area contributed by atoms with Crippen molar-refractivity contribution < 1.29 is 0 Å². The molecule has 0 saturated carbocycles. The van der Waals surface area contributed by atoms with Gasteiger partial charge in [-0.15, -0.1) is 0 Å². The van der Waals surface area contributed by atoms with Crippen molar-refractivity contribution in [3.63, 3.8) is 0 Å². The predicted molar refractivity (Wildman–Crippen MR) is 66.3 cm³/mol. The summed E-state index contributed by atoms with van der Waals surface area (Å²) in [5.74, 6) is 0. The van der Waals surface area contributed by atoms with Gasteiger partial charge < -0.3 is 10.3 Å². The molecule has 0 saturated heterocycles. The fraction of sp³-hybridized carbons (Fsp3) is 0.100. The van der Waals surface area contributed by atoms with Crippen molar-refractivity contribution >= 4 is 39.2 Å². The van der Waals surface area contributed by atoms with Crippen LogP contribution < -0.4 is 11.2 Å². The molecule has 0 aliphatic rings. The molecule has 1 aromatic heterocycles. The highest BCUT2D eigenvalue weighted by atomic mass is 127. The van der Waals surface area contributed by atoms with Gasteiger partial charge in [0, 0.05) is 24.3 Å². The molecule has 0 fully saturated rings. The van der Waals surface area contributed by atoms with Crippen LogP contribution >= 0.6 is 22.6 Å². The molecule has 0 atom stereocenters. The second-order valence-electron chi connectivity index (χ2n) is 3.19. The van der Waals surface area contributed by atoms with Crippen molar-refractivity contribution in [2.24, 2.45) is 7.05 Å². The molecular weight excluding hydrogens is 291 g/mol. The molecule has 72 valence electrons. The number of nitrogens with two attached hydrogens (primary N) is 1. The van der Waals surface area contributed by atoms with E-state index in [4.69, 9.17) is 5.73 Å². The first-order valence-corrected chi connectivity index (χ1v) is 5.22. The Bertz CT molecular complexity index is 560. The van der Waals surface area contributed by atoms with Gasteiger partial charge in [-0.2, -0.15) is 0 Å². The molecular formula is C10H9IN2O. The van der Waals surface area contributed by atoms with Crippen LogP contribution in [0.15, 0.2) is 29.2 Å². The number of anilines is 1. The van der Waals surface area contributed by atoms with Crippen LogP contribution in [0.1, 0.15) is 0 Å². The molecule has 0 amide bonds. The van der Waals surface area contributed by atoms with Gasteiger partial charge in [-0.1, -0.05) is 0 Å². The number of aromatic nitrogens is 1. The Morgan fingerprint density at radius 1 is 1.43 bits per heavy atom. The summed E-state index contributed by atoms with van der Waals surface area (Å²) < 4.78 is 2.64. The van der Waals surface area contributed by atoms with E-state index >= 15 is 0 Å². The van der Waals surface area contributed by atoms with Crippen molar-refractivity contribution in [3.05, 3.63) is 38.2 Å². The average Bonchev–Trinajstić information content (AvgIpc) is 2.14. The Labute approximate surface area is 94.7 Å². The maximum atomic E-state index is 11.8. The summed E-state index contributed by atoms with van der Waals surface area (Å²) in [5, 5.41) is 0.680. The van der Waals surface area contributed by atoms with Gasteiger partial charge in [-0.05, 0) is 40.8 Å². The van der Waals surface area contributed by atoms with E-state index in [9.17, 15) is 4.79 Å². The Morgan fingerprint density at radius 2 is 2.14 bits per heavy atom. The van der Waals surface area contributed by atoms with E-state index in [0.717, 1.165) is 5.52 Å². The highest BCUT2D eigenvalue weighted by Gasteiger charge is 2.04. The van der Waals surface area contributed by atoms with Gasteiger partial charge in [0.25, 0.3) is 0 Å². The van der Waals surface area contributed by atoms with Crippen LogP contribution in [-0.2, 0) is 7.05 Å². The third kappa shape index (κ3) is 1.39. The number of pyridine rings is 1. The number of nitrogen functional groups attached to an aromatic ring is 1. The van der Waals surface area contributed by atoms with Gasteiger partial charge >= 0.3 is 0 Å². The number of halogens is 1. The summed E-state index contributed by atoms with van der Waals surface area (Å²) in [6.07, 6.45) is 1.82. The molecule has 4 heteroatoms. The quantitative estimate of drug-likeness (QED) is 0.595. The Kier molecular flexibility index (Phi) is 2.22. The molecule has 2 N–H and O–H groups in total. The van der Waals surface area contributed by atoms with Crippen LogP contribution in [0.4, 0.5) is 5.69 Å². The molecule has 0 unspecified atom stereocenters. The summed E-state index contributed by atoms with van der Waals surface area (Å²) in [5.41, 5.74) is 7.22. The first kappa shape index (κ1) is 9.51. The Morgan fingerprint density at radius 3 is 2.86 bits per heavy atom. The zero-order valence-electron chi connectivity index (χ0n) is 7.62. The van der Waals surface area contributed by atoms with E-state index in [1.807, 2.05) is 46.5 Å². The molecule has 0 bridgehead atoms. The Balaban J connectivity index is 3.03. The third-order valence-corrected chi connectivity index (χ3v) is 2.94. The largest absolute Gasteiger partial charge is 0.399 e. The topological polar surface area (TPSA) is 48.0 Å². The lowest BCUT2D eigenvalue weighted by Crippen LogP contribution is -2.10. The summed E-state index contributed by atoms with van der Waals surface area (Å²) in [6.45, 7) is 0. The molecule has 0 radical (unpaired) electrons. The fourth-order valence-corrected chi connectivity index (χ4v) is 2.18. The maximum Gasteiger partial charge on any atom is 0.202 e. The summed E-state index contributed by atoms with van der Waals surface area (Å²) in [4.78, 5) is 11.8. The van der Waals surface area contributed by atoms with Crippen LogP contribution in [0.5, 0.6) is 0 Å². The number of benzene rings is 1. The zero-order chi connectivity index (χ0) is 10.3. The van der Waals surface area contributed by atoms with Crippen LogP contribution in [0.3, 0.4) is 0 Å². The average molecular weight is 300 g/mol. The van der Waals surface area contributed by atoms with Crippen molar-refractivity contribution in [3.8, 4) is 0 Å². The smallest absolute Gasteiger partial charge is 0.202 e. The van der Waals surface area contributed by atoms with Crippen molar-refractivity contribution in [2.75, 3.05) is 5.73 Å². The van der Waals surface area contributed by atoms with E-state index in [0.29, 0.717) is 14.6 Å². The molecule has 3 nitrogen and oxygen atoms in total. The molecule has 0 aliphatic carbocycles. The number of hydrogen-bond acceptors (Lipinski definition) is 2. The second kappa shape index (κ2) is 3.27. The maximum absolute atomic E-state index is 11.8. The van der Waals surface area contributed by atoms with Crippen molar-refractivity contribution in [1.82, 2.24) is 4.57 Å². The molecule has 2 rings (SSSR count). The van der Waals surface area contributed by atoms with Gasteiger partial charge in [0.2, 0.25) is 5.43 Å². The normalized spacial score (nSPS) is 10.7. The van der Waals surface area contributed by atoms with Gasteiger partial charge in [-0.25, -0.2) is 0 Å². The van der Waals surface area contributed by atoms with E-state index in [-0.39, 0.29) is 5.43 Å². The zero-order valence-corrected chi connectivity index (χ0v) is 9.78. The second-order valence-corrected chi connectivity index (χ2v) is 4.36.